The van der Waals surface area contributed by atoms with Crippen molar-refractivity contribution in [2.45, 2.75) is 25.0 Å². The van der Waals surface area contributed by atoms with E-state index in [0.29, 0.717) is 25.2 Å². The van der Waals surface area contributed by atoms with Gasteiger partial charge in [0.1, 0.15) is 5.82 Å². The quantitative estimate of drug-likeness (QED) is 0.775. The van der Waals surface area contributed by atoms with Gasteiger partial charge in [0.25, 0.3) is 0 Å². The van der Waals surface area contributed by atoms with Crippen LogP contribution < -0.4 is 0 Å². The van der Waals surface area contributed by atoms with Crippen molar-refractivity contribution in [3.8, 4) is 0 Å². The summed E-state index contributed by atoms with van der Waals surface area (Å²) in [5, 5.41) is 0. The molecule has 0 spiro atoms. The molecule has 2 aromatic rings. The maximum absolute atomic E-state index is 14.2. The summed E-state index contributed by atoms with van der Waals surface area (Å²) >= 11 is 0. The molecule has 2 aliphatic rings. The summed E-state index contributed by atoms with van der Waals surface area (Å²) in [7, 11) is 0. The highest BCUT2D eigenvalue weighted by atomic mass is 19.2. The van der Waals surface area contributed by atoms with Crippen LogP contribution in [0.1, 0.15) is 17.5 Å². The molecule has 0 aliphatic carbocycles. The van der Waals surface area contributed by atoms with E-state index in [1.54, 1.807) is 0 Å². The van der Waals surface area contributed by atoms with Gasteiger partial charge in [0, 0.05) is 12.6 Å². The normalized spacial score (nSPS) is 23.4. The molecule has 2 heterocycles. The lowest BCUT2D eigenvalue weighted by molar-refractivity contribution is -0.0403. The average molecular weight is 345 g/mol. The molecule has 0 amide bonds. The number of hydrogen-bond donors (Lipinski definition) is 0. The summed E-state index contributed by atoms with van der Waals surface area (Å²) in [6.45, 7) is 1.71. The molecule has 2 unspecified atom stereocenters. The number of rotatable bonds is 3. The second-order valence-electron chi connectivity index (χ2n) is 6.53. The van der Waals surface area contributed by atoms with E-state index in [1.165, 1.54) is 5.56 Å². The molecule has 2 bridgehead atoms. The first-order chi connectivity index (χ1) is 12.1. The molecule has 25 heavy (non-hydrogen) atoms. The first kappa shape index (κ1) is 16.4. The summed E-state index contributed by atoms with van der Waals surface area (Å²) in [5.74, 6) is -2.85. The van der Waals surface area contributed by atoms with Crippen LogP contribution in [0.15, 0.2) is 48.5 Å². The number of ether oxygens (including phenoxy) is 1. The molecule has 0 aromatic heterocycles. The minimum atomic E-state index is -1.11. The molecule has 2 atom stereocenters. The van der Waals surface area contributed by atoms with Crippen LogP contribution in [0.3, 0.4) is 0 Å². The van der Waals surface area contributed by atoms with Crippen LogP contribution in [0.5, 0.6) is 0 Å². The molecule has 2 aliphatic heterocycles. The molecule has 1 saturated heterocycles. The van der Waals surface area contributed by atoms with Gasteiger partial charge in [-0.1, -0.05) is 36.4 Å². The molecular weight excluding hydrogens is 327 g/mol. The van der Waals surface area contributed by atoms with E-state index >= 15 is 0 Å². The monoisotopic (exact) mass is 345 g/mol. The van der Waals surface area contributed by atoms with Gasteiger partial charge in [-0.25, -0.2) is 13.2 Å². The Morgan fingerprint density at radius 1 is 0.960 bits per heavy atom. The Morgan fingerprint density at radius 3 is 2.48 bits per heavy atom. The van der Waals surface area contributed by atoms with Crippen LogP contribution in [-0.2, 0) is 11.3 Å². The van der Waals surface area contributed by atoms with Gasteiger partial charge in [-0.05, 0) is 29.7 Å². The summed E-state index contributed by atoms with van der Waals surface area (Å²) < 4.78 is 47.5. The zero-order valence-electron chi connectivity index (χ0n) is 13.6. The molecule has 2 aromatic carbocycles. The summed E-state index contributed by atoms with van der Waals surface area (Å²) in [4.78, 5) is 2.29. The highest BCUT2D eigenvalue weighted by molar-refractivity contribution is 5.69. The lowest BCUT2D eigenvalue weighted by Gasteiger charge is -2.44. The van der Waals surface area contributed by atoms with Gasteiger partial charge in [-0.15, -0.1) is 0 Å². The van der Waals surface area contributed by atoms with E-state index in [2.05, 4.69) is 17.0 Å². The molecule has 2 nitrogen and oxygen atoms in total. The third kappa shape index (κ3) is 3.10. The first-order valence-corrected chi connectivity index (χ1v) is 8.35. The molecule has 4 rings (SSSR count). The second-order valence-corrected chi connectivity index (χ2v) is 6.53. The Hall–Kier alpha value is -2.11. The summed E-state index contributed by atoms with van der Waals surface area (Å²) in [6.07, 6.45) is 2.25. The van der Waals surface area contributed by atoms with Gasteiger partial charge in [0.15, 0.2) is 11.6 Å². The first-order valence-electron chi connectivity index (χ1n) is 8.35. The van der Waals surface area contributed by atoms with Crippen molar-refractivity contribution in [3.05, 3.63) is 77.1 Å². The van der Waals surface area contributed by atoms with Crippen molar-refractivity contribution in [2.75, 3.05) is 13.2 Å². The summed E-state index contributed by atoms with van der Waals surface area (Å²) in [6, 6.07) is 11.8. The smallest absolute Gasteiger partial charge is 0.169 e. The van der Waals surface area contributed by atoms with Crippen molar-refractivity contribution in [1.82, 2.24) is 4.90 Å². The van der Waals surface area contributed by atoms with Crippen molar-refractivity contribution in [3.63, 3.8) is 0 Å². The minimum Gasteiger partial charge on any atom is -0.378 e. The largest absolute Gasteiger partial charge is 0.378 e. The highest BCUT2D eigenvalue weighted by Crippen LogP contribution is 2.36. The van der Waals surface area contributed by atoms with Crippen LogP contribution in [0.25, 0.3) is 5.57 Å². The lowest BCUT2D eigenvalue weighted by atomic mass is 9.88. The topological polar surface area (TPSA) is 12.5 Å². The Labute approximate surface area is 144 Å². The molecule has 1 fully saturated rings. The molecule has 130 valence electrons. The molecular formula is C20H18F3NO. The lowest BCUT2D eigenvalue weighted by Crippen LogP contribution is -2.53. The van der Waals surface area contributed by atoms with Gasteiger partial charge >= 0.3 is 0 Å². The van der Waals surface area contributed by atoms with E-state index in [1.807, 2.05) is 24.3 Å². The van der Waals surface area contributed by atoms with Gasteiger partial charge in [0.05, 0.1) is 24.8 Å². The fourth-order valence-electron chi connectivity index (χ4n) is 3.71. The van der Waals surface area contributed by atoms with E-state index in [-0.39, 0.29) is 17.6 Å². The number of fused-ring (bicyclic) bond motifs is 2. The number of halogens is 3. The Bertz CT molecular complexity index is 806. The number of benzene rings is 2. The van der Waals surface area contributed by atoms with Crippen LogP contribution >= 0.6 is 0 Å². The molecule has 0 N–H and O–H groups in total. The third-order valence-electron chi connectivity index (χ3n) is 4.92. The van der Waals surface area contributed by atoms with E-state index in [0.717, 1.165) is 18.7 Å². The maximum atomic E-state index is 14.2. The SMILES string of the molecule is Fc1ccc(F)c(C2=CC3COCC(C2)N3Cc2ccccc2)c1F. The van der Waals surface area contributed by atoms with Crippen molar-refractivity contribution >= 4 is 5.57 Å². The number of hydrogen-bond acceptors (Lipinski definition) is 2. The number of nitrogens with zero attached hydrogens (tertiary/aromatic N) is 1. The standard InChI is InChI=1S/C20H18F3NO/c21-17-6-7-18(22)20(23)19(17)14-8-15-11-25-12-16(9-14)24(15)10-13-4-2-1-3-5-13/h1-8,15-16H,9-12H2. The molecule has 0 saturated carbocycles. The Kier molecular flexibility index (Phi) is 4.36. The molecule has 5 heteroatoms. The average Bonchev–Trinajstić information content (AvgIpc) is 2.60. The van der Waals surface area contributed by atoms with Crippen LogP contribution in [0.4, 0.5) is 13.2 Å². The van der Waals surface area contributed by atoms with E-state index < -0.39 is 17.5 Å². The minimum absolute atomic E-state index is 0.0148. The fraction of sp³-hybridized carbons (Fsp3) is 0.300. The van der Waals surface area contributed by atoms with Crippen LogP contribution in [0.2, 0.25) is 0 Å². The van der Waals surface area contributed by atoms with Crippen LogP contribution in [-0.4, -0.2) is 30.2 Å². The van der Waals surface area contributed by atoms with Crippen molar-refractivity contribution in [1.29, 1.82) is 0 Å². The third-order valence-corrected chi connectivity index (χ3v) is 4.92. The van der Waals surface area contributed by atoms with Gasteiger partial charge < -0.3 is 4.74 Å². The zero-order valence-corrected chi connectivity index (χ0v) is 13.6. The Morgan fingerprint density at radius 2 is 1.72 bits per heavy atom. The number of morpholine rings is 1. The summed E-state index contributed by atoms with van der Waals surface area (Å²) in [5.41, 5.74) is 1.47. The van der Waals surface area contributed by atoms with Crippen molar-refractivity contribution in [2.24, 2.45) is 0 Å². The molecule has 0 radical (unpaired) electrons. The van der Waals surface area contributed by atoms with Crippen molar-refractivity contribution < 1.29 is 17.9 Å². The highest BCUT2D eigenvalue weighted by Gasteiger charge is 2.36. The van der Waals surface area contributed by atoms with Gasteiger partial charge in [0.2, 0.25) is 0 Å². The van der Waals surface area contributed by atoms with Gasteiger partial charge in [-0.3, -0.25) is 4.90 Å². The second kappa shape index (κ2) is 6.65. The fourth-order valence-corrected chi connectivity index (χ4v) is 3.71. The predicted octanol–water partition coefficient (Wildman–Crippen LogP) is 4.16. The predicted molar refractivity (Wildman–Crippen MR) is 89.3 cm³/mol. The van der Waals surface area contributed by atoms with E-state index in [9.17, 15) is 13.2 Å². The van der Waals surface area contributed by atoms with Gasteiger partial charge in [-0.2, -0.15) is 0 Å². The Balaban J connectivity index is 1.67. The van der Waals surface area contributed by atoms with E-state index in [4.69, 9.17) is 4.74 Å². The van der Waals surface area contributed by atoms with Crippen LogP contribution in [0, 0.1) is 17.5 Å². The zero-order chi connectivity index (χ0) is 17.4. The maximum Gasteiger partial charge on any atom is 0.169 e.